The summed E-state index contributed by atoms with van der Waals surface area (Å²) in [5, 5.41) is 4.01. The molecular weight excluding hydrogens is 170 g/mol. The van der Waals surface area contributed by atoms with Crippen molar-refractivity contribution in [3.05, 3.63) is 28.8 Å². The van der Waals surface area contributed by atoms with Crippen LogP contribution >= 0.6 is 11.6 Å². The lowest BCUT2D eigenvalue weighted by Crippen LogP contribution is -1.97. The molecule has 1 aromatic carbocycles. The lowest BCUT2D eigenvalue weighted by Gasteiger charge is -2.06. The van der Waals surface area contributed by atoms with Gasteiger partial charge in [-0.15, -0.1) is 0 Å². The fraction of sp³-hybridized carbons (Fsp3) is 0.400. The molecule has 1 N–H and O–H groups in total. The Balaban J connectivity index is 2.87. The zero-order chi connectivity index (χ0) is 8.97. The van der Waals surface area contributed by atoms with Crippen LogP contribution in [0.2, 0.25) is 5.02 Å². The molecule has 1 nitrogen and oxygen atoms in total. The molecule has 0 atom stereocenters. The molecule has 0 spiro atoms. The normalized spacial score (nSPS) is 9.92. The summed E-state index contributed by atoms with van der Waals surface area (Å²) < 4.78 is 0. The summed E-state index contributed by atoms with van der Waals surface area (Å²) in [7, 11) is 0. The minimum atomic E-state index is 0.816. The maximum absolute atomic E-state index is 6.02. The first kappa shape index (κ1) is 9.40. The van der Waals surface area contributed by atoms with Gasteiger partial charge in [-0.05, 0) is 31.0 Å². The Labute approximate surface area is 78.7 Å². The topological polar surface area (TPSA) is 12.0 Å². The van der Waals surface area contributed by atoms with Crippen molar-refractivity contribution in [2.75, 3.05) is 11.9 Å². The van der Waals surface area contributed by atoms with Crippen molar-refractivity contribution in [2.45, 2.75) is 20.3 Å². The molecule has 0 aliphatic rings. The zero-order valence-corrected chi connectivity index (χ0v) is 8.28. The average Bonchev–Trinajstić information content (AvgIpc) is 2.09. The lowest BCUT2D eigenvalue weighted by molar-refractivity contribution is 1.13. The molecule has 0 fully saturated rings. The molecule has 0 aromatic heterocycles. The predicted octanol–water partition coefficient (Wildman–Crippen LogP) is 3.33. The van der Waals surface area contributed by atoms with Gasteiger partial charge in [-0.25, -0.2) is 0 Å². The number of halogens is 1. The van der Waals surface area contributed by atoms with Gasteiger partial charge in [0.2, 0.25) is 0 Å². The Hall–Kier alpha value is -0.690. The maximum atomic E-state index is 6.02. The highest BCUT2D eigenvalue weighted by molar-refractivity contribution is 6.33. The second-order valence-electron chi connectivity index (χ2n) is 2.70. The van der Waals surface area contributed by atoms with Crippen molar-refractivity contribution in [3.8, 4) is 0 Å². The second kappa shape index (κ2) is 4.36. The standard InChI is InChI=1S/C10H14ClN/c1-3-8-5-6-10(12-4-2)9(11)7-8/h5-7,12H,3-4H2,1-2H3. The van der Waals surface area contributed by atoms with Gasteiger partial charge in [0.05, 0.1) is 10.7 Å². The number of hydrogen-bond donors (Lipinski definition) is 1. The van der Waals surface area contributed by atoms with E-state index >= 15 is 0 Å². The van der Waals surface area contributed by atoms with Crippen LogP contribution in [0.15, 0.2) is 18.2 Å². The molecule has 0 amide bonds. The molecular formula is C10H14ClN. The summed E-state index contributed by atoms with van der Waals surface area (Å²) in [6.45, 7) is 5.09. The zero-order valence-electron chi connectivity index (χ0n) is 7.52. The SMILES string of the molecule is CCNc1ccc(CC)cc1Cl. The van der Waals surface area contributed by atoms with E-state index in [0.717, 1.165) is 23.7 Å². The van der Waals surface area contributed by atoms with E-state index in [0.29, 0.717) is 0 Å². The van der Waals surface area contributed by atoms with E-state index in [1.165, 1.54) is 5.56 Å². The van der Waals surface area contributed by atoms with E-state index in [1.807, 2.05) is 12.1 Å². The van der Waals surface area contributed by atoms with Crippen LogP contribution in [-0.4, -0.2) is 6.54 Å². The summed E-state index contributed by atoms with van der Waals surface area (Å²) in [5.41, 5.74) is 2.30. The van der Waals surface area contributed by atoms with Crippen molar-refractivity contribution in [1.82, 2.24) is 0 Å². The Morgan fingerprint density at radius 1 is 1.33 bits per heavy atom. The molecule has 0 aliphatic heterocycles. The van der Waals surface area contributed by atoms with Gasteiger partial charge in [-0.2, -0.15) is 0 Å². The largest absolute Gasteiger partial charge is 0.384 e. The highest BCUT2D eigenvalue weighted by Crippen LogP contribution is 2.22. The second-order valence-corrected chi connectivity index (χ2v) is 3.11. The van der Waals surface area contributed by atoms with Gasteiger partial charge in [0, 0.05) is 6.54 Å². The molecule has 12 heavy (non-hydrogen) atoms. The third-order valence-electron chi connectivity index (χ3n) is 1.81. The monoisotopic (exact) mass is 183 g/mol. The Morgan fingerprint density at radius 3 is 2.58 bits per heavy atom. The summed E-state index contributed by atoms with van der Waals surface area (Å²) >= 11 is 6.02. The van der Waals surface area contributed by atoms with Gasteiger partial charge in [-0.3, -0.25) is 0 Å². The number of anilines is 1. The maximum Gasteiger partial charge on any atom is 0.0640 e. The molecule has 66 valence electrons. The third-order valence-corrected chi connectivity index (χ3v) is 2.12. The van der Waals surface area contributed by atoms with Gasteiger partial charge in [0.1, 0.15) is 0 Å². The van der Waals surface area contributed by atoms with Gasteiger partial charge >= 0.3 is 0 Å². The number of rotatable bonds is 3. The van der Waals surface area contributed by atoms with E-state index in [4.69, 9.17) is 11.6 Å². The fourth-order valence-corrected chi connectivity index (χ4v) is 1.38. The first-order valence-corrected chi connectivity index (χ1v) is 4.68. The molecule has 2 heteroatoms. The first-order valence-electron chi connectivity index (χ1n) is 4.30. The summed E-state index contributed by atoms with van der Waals surface area (Å²) in [6, 6.07) is 6.15. The minimum Gasteiger partial charge on any atom is -0.384 e. The van der Waals surface area contributed by atoms with Crippen molar-refractivity contribution < 1.29 is 0 Å². The van der Waals surface area contributed by atoms with Crippen molar-refractivity contribution in [1.29, 1.82) is 0 Å². The average molecular weight is 184 g/mol. The quantitative estimate of drug-likeness (QED) is 0.758. The highest BCUT2D eigenvalue weighted by atomic mass is 35.5. The van der Waals surface area contributed by atoms with Gasteiger partial charge in [-0.1, -0.05) is 24.6 Å². The fourth-order valence-electron chi connectivity index (χ4n) is 1.11. The van der Waals surface area contributed by atoms with Gasteiger partial charge in [0.25, 0.3) is 0 Å². The smallest absolute Gasteiger partial charge is 0.0640 e. The number of aryl methyl sites for hydroxylation is 1. The van der Waals surface area contributed by atoms with E-state index in [2.05, 4.69) is 25.2 Å². The van der Waals surface area contributed by atoms with E-state index in [9.17, 15) is 0 Å². The third kappa shape index (κ3) is 2.15. The van der Waals surface area contributed by atoms with Crippen molar-refractivity contribution >= 4 is 17.3 Å². The minimum absolute atomic E-state index is 0.816. The molecule has 0 unspecified atom stereocenters. The number of benzene rings is 1. The van der Waals surface area contributed by atoms with Crippen LogP contribution in [0.1, 0.15) is 19.4 Å². The molecule has 1 rings (SSSR count). The first-order chi connectivity index (χ1) is 5.77. The lowest BCUT2D eigenvalue weighted by atomic mass is 10.1. The Bertz CT molecular complexity index is 258. The van der Waals surface area contributed by atoms with Crippen LogP contribution in [0.25, 0.3) is 0 Å². The molecule has 1 aromatic rings. The molecule has 0 heterocycles. The van der Waals surface area contributed by atoms with Crippen LogP contribution in [0.3, 0.4) is 0 Å². The van der Waals surface area contributed by atoms with Crippen LogP contribution in [0.5, 0.6) is 0 Å². The van der Waals surface area contributed by atoms with Crippen molar-refractivity contribution in [3.63, 3.8) is 0 Å². The Morgan fingerprint density at radius 2 is 2.08 bits per heavy atom. The Kier molecular flexibility index (Phi) is 3.42. The van der Waals surface area contributed by atoms with E-state index < -0.39 is 0 Å². The molecule has 0 saturated carbocycles. The molecule has 0 aliphatic carbocycles. The summed E-state index contributed by atoms with van der Waals surface area (Å²) in [5.74, 6) is 0. The number of nitrogens with one attached hydrogen (secondary N) is 1. The van der Waals surface area contributed by atoms with E-state index in [1.54, 1.807) is 0 Å². The van der Waals surface area contributed by atoms with Gasteiger partial charge < -0.3 is 5.32 Å². The van der Waals surface area contributed by atoms with Crippen LogP contribution in [0, 0.1) is 0 Å². The molecule has 0 saturated heterocycles. The molecule has 0 bridgehead atoms. The number of hydrogen-bond acceptors (Lipinski definition) is 1. The van der Waals surface area contributed by atoms with Crippen LogP contribution in [0.4, 0.5) is 5.69 Å². The molecule has 0 radical (unpaired) electrons. The van der Waals surface area contributed by atoms with Crippen molar-refractivity contribution in [2.24, 2.45) is 0 Å². The van der Waals surface area contributed by atoms with Gasteiger partial charge in [0.15, 0.2) is 0 Å². The van der Waals surface area contributed by atoms with E-state index in [-0.39, 0.29) is 0 Å². The van der Waals surface area contributed by atoms with Crippen LogP contribution < -0.4 is 5.32 Å². The summed E-state index contributed by atoms with van der Waals surface area (Å²) in [6.07, 6.45) is 1.03. The summed E-state index contributed by atoms with van der Waals surface area (Å²) in [4.78, 5) is 0. The highest BCUT2D eigenvalue weighted by Gasteiger charge is 1.98. The van der Waals surface area contributed by atoms with Crippen LogP contribution in [-0.2, 0) is 6.42 Å². The predicted molar refractivity (Wildman–Crippen MR) is 55.0 cm³/mol.